The fourth-order valence-electron chi connectivity index (χ4n) is 4.79. The van der Waals surface area contributed by atoms with Gasteiger partial charge in [0.25, 0.3) is 11.5 Å². The summed E-state index contributed by atoms with van der Waals surface area (Å²) < 4.78 is 18.2. The van der Waals surface area contributed by atoms with E-state index in [0.29, 0.717) is 41.9 Å². The second-order valence-corrected chi connectivity index (χ2v) is 9.86. The van der Waals surface area contributed by atoms with Crippen LogP contribution in [0.3, 0.4) is 0 Å². The zero-order valence-corrected chi connectivity index (χ0v) is 22.5. The van der Waals surface area contributed by atoms with Crippen molar-refractivity contribution in [3.05, 3.63) is 88.1 Å². The minimum Gasteiger partial charge on any atom is -0.326 e. The van der Waals surface area contributed by atoms with Crippen LogP contribution >= 0.6 is 11.6 Å². The van der Waals surface area contributed by atoms with Gasteiger partial charge in [-0.25, -0.2) is 9.37 Å². The van der Waals surface area contributed by atoms with Crippen molar-refractivity contribution in [1.82, 2.24) is 24.3 Å². The van der Waals surface area contributed by atoms with Gasteiger partial charge < -0.3 is 10.6 Å². The number of carbonyl (C=O) groups is 2. The van der Waals surface area contributed by atoms with Gasteiger partial charge >= 0.3 is 0 Å². The van der Waals surface area contributed by atoms with E-state index in [0.717, 1.165) is 5.56 Å². The Labute approximate surface area is 233 Å². The number of nitrogens with zero attached hydrogens (tertiary/aromatic N) is 5. The molecule has 12 heteroatoms. The Hall–Kier alpha value is -4.64. The summed E-state index contributed by atoms with van der Waals surface area (Å²) in [6.07, 6.45) is 5.91. The van der Waals surface area contributed by atoms with Crippen molar-refractivity contribution < 1.29 is 14.0 Å². The second-order valence-electron chi connectivity index (χ2n) is 9.45. The highest BCUT2D eigenvalue weighted by atomic mass is 35.5. The molecule has 10 nitrogen and oxygen atoms in total. The number of pyridine rings is 1. The van der Waals surface area contributed by atoms with E-state index < -0.39 is 23.3 Å². The molecule has 4 aromatic rings. The first kappa shape index (κ1) is 26.9. The molecule has 0 radical (unpaired) electrons. The van der Waals surface area contributed by atoms with Crippen LogP contribution in [0, 0.1) is 5.82 Å². The lowest BCUT2D eigenvalue weighted by Gasteiger charge is -2.21. The van der Waals surface area contributed by atoms with Gasteiger partial charge in [0.05, 0.1) is 57.6 Å². The average Bonchev–Trinajstić information content (AvgIpc) is 3.28. The number of rotatable bonds is 3. The highest BCUT2D eigenvalue weighted by Crippen LogP contribution is 2.35. The first-order valence-electron chi connectivity index (χ1n) is 12.5. The molecule has 0 spiro atoms. The summed E-state index contributed by atoms with van der Waals surface area (Å²) in [6.45, 7) is 5.22. The molecule has 0 aliphatic carbocycles. The van der Waals surface area contributed by atoms with E-state index in [4.69, 9.17) is 11.6 Å². The van der Waals surface area contributed by atoms with Gasteiger partial charge in [-0.2, -0.15) is 5.10 Å². The number of fused-ring (bicyclic) bond motifs is 4. The molecule has 1 aliphatic heterocycles. The number of amides is 2. The summed E-state index contributed by atoms with van der Waals surface area (Å²) in [7, 11) is 1.76. The Morgan fingerprint density at radius 3 is 2.77 bits per heavy atom. The summed E-state index contributed by atoms with van der Waals surface area (Å²) in [5.74, 6) is -1.52. The molecule has 2 bridgehead atoms. The molecule has 0 saturated carbocycles. The van der Waals surface area contributed by atoms with Crippen LogP contribution < -0.4 is 16.2 Å². The zero-order valence-electron chi connectivity index (χ0n) is 21.7. The molecular weight excluding hydrogens is 537 g/mol. The number of aromatic nitrogens is 5. The molecule has 1 aliphatic rings. The van der Waals surface area contributed by atoms with Gasteiger partial charge in [0.15, 0.2) is 5.82 Å². The number of anilines is 2. The van der Waals surface area contributed by atoms with Crippen molar-refractivity contribution in [2.24, 2.45) is 7.05 Å². The van der Waals surface area contributed by atoms with Crippen LogP contribution in [0.4, 0.5) is 15.8 Å². The normalized spacial score (nSPS) is 15.4. The molecule has 0 saturated heterocycles. The first-order valence-corrected chi connectivity index (χ1v) is 12.8. The van der Waals surface area contributed by atoms with Crippen LogP contribution in [0.1, 0.15) is 37.9 Å². The van der Waals surface area contributed by atoms with E-state index in [1.54, 1.807) is 30.2 Å². The third kappa shape index (κ3) is 5.15. The third-order valence-electron chi connectivity index (χ3n) is 6.69. The van der Waals surface area contributed by atoms with Crippen LogP contribution in [0.25, 0.3) is 22.5 Å². The number of benzene rings is 1. The SMILES string of the molecule is C=C1CCC[C@H](n2cnc(-c3c(NC(C)=O)ccc(Cl)c3F)cc2=O)c2cc(ccn2)-c2c(cnn2C)NC1=O. The van der Waals surface area contributed by atoms with Gasteiger partial charge in [-0.1, -0.05) is 18.2 Å². The Bertz CT molecular complexity index is 1730. The number of aryl methyl sites for hydroxylation is 1. The topological polar surface area (TPSA) is 124 Å². The van der Waals surface area contributed by atoms with Crippen LogP contribution in [0.5, 0.6) is 0 Å². The lowest BCUT2D eigenvalue weighted by Crippen LogP contribution is -2.26. The molecule has 1 aromatic carbocycles. The molecule has 0 fully saturated rings. The van der Waals surface area contributed by atoms with Crippen LogP contribution in [-0.4, -0.2) is 36.1 Å². The van der Waals surface area contributed by atoms with Crippen molar-refractivity contribution >= 4 is 34.8 Å². The predicted molar refractivity (Wildman–Crippen MR) is 149 cm³/mol. The first-order chi connectivity index (χ1) is 19.1. The van der Waals surface area contributed by atoms with E-state index >= 15 is 4.39 Å². The van der Waals surface area contributed by atoms with Gasteiger partial charge in [0, 0.05) is 37.4 Å². The van der Waals surface area contributed by atoms with Crippen LogP contribution in [0.15, 0.2) is 66.0 Å². The monoisotopic (exact) mass is 561 g/mol. The number of nitrogens with one attached hydrogen (secondary N) is 2. The Morgan fingerprint density at radius 2 is 2.02 bits per heavy atom. The van der Waals surface area contributed by atoms with E-state index in [1.807, 2.05) is 6.07 Å². The highest BCUT2D eigenvalue weighted by molar-refractivity contribution is 6.31. The van der Waals surface area contributed by atoms with Gasteiger partial charge in [0.1, 0.15) is 0 Å². The lowest BCUT2D eigenvalue weighted by atomic mass is 9.99. The van der Waals surface area contributed by atoms with Gasteiger partial charge in [-0.3, -0.25) is 28.6 Å². The summed E-state index contributed by atoms with van der Waals surface area (Å²) in [5, 5.41) is 9.56. The molecule has 3 aromatic heterocycles. The highest BCUT2D eigenvalue weighted by Gasteiger charge is 2.24. The van der Waals surface area contributed by atoms with Gasteiger partial charge in [-0.15, -0.1) is 0 Å². The number of carbonyl (C=O) groups excluding carboxylic acids is 2. The minimum atomic E-state index is -0.804. The molecular formula is C28H25ClFN7O3. The molecule has 4 heterocycles. The summed E-state index contributed by atoms with van der Waals surface area (Å²) in [4.78, 5) is 46.9. The lowest BCUT2D eigenvalue weighted by molar-refractivity contribution is -0.114. The molecule has 1 atom stereocenters. The van der Waals surface area contributed by atoms with Crippen molar-refractivity contribution in [1.29, 1.82) is 0 Å². The maximum atomic E-state index is 15.1. The smallest absolute Gasteiger partial charge is 0.254 e. The minimum absolute atomic E-state index is 0.0180. The van der Waals surface area contributed by atoms with Gasteiger partial charge in [0.2, 0.25) is 5.91 Å². The summed E-state index contributed by atoms with van der Waals surface area (Å²) in [5.41, 5.74) is 2.57. The Kier molecular flexibility index (Phi) is 7.31. The van der Waals surface area contributed by atoms with E-state index in [-0.39, 0.29) is 27.9 Å². The third-order valence-corrected chi connectivity index (χ3v) is 6.99. The van der Waals surface area contributed by atoms with E-state index in [9.17, 15) is 14.4 Å². The number of hydrogen-bond acceptors (Lipinski definition) is 6. The van der Waals surface area contributed by atoms with Gasteiger partial charge in [-0.05, 0) is 43.5 Å². The largest absolute Gasteiger partial charge is 0.326 e. The molecule has 40 heavy (non-hydrogen) atoms. The van der Waals surface area contributed by atoms with Crippen molar-refractivity contribution in [2.75, 3.05) is 10.6 Å². The van der Waals surface area contributed by atoms with Crippen molar-refractivity contribution in [3.63, 3.8) is 0 Å². The average molecular weight is 562 g/mol. The Balaban J connectivity index is 1.61. The predicted octanol–water partition coefficient (Wildman–Crippen LogP) is 4.72. The maximum absolute atomic E-state index is 15.1. The molecule has 5 rings (SSSR count). The molecule has 0 unspecified atom stereocenters. The maximum Gasteiger partial charge on any atom is 0.254 e. The Morgan fingerprint density at radius 1 is 1.23 bits per heavy atom. The number of halogens is 2. The fraction of sp³-hybridized carbons (Fsp3) is 0.214. The van der Waals surface area contributed by atoms with Crippen LogP contribution in [0.2, 0.25) is 5.02 Å². The van der Waals surface area contributed by atoms with E-state index in [2.05, 4.69) is 32.3 Å². The summed E-state index contributed by atoms with van der Waals surface area (Å²) >= 11 is 6.00. The fourth-order valence-corrected chi connectivity index (χ4v) is 4.94. The second kappa shape index (κ2) is 10.9. The van der Waals surface area contributed by atoms with E-state index in [1.165, 1.54) is 36.0 Å². The summed E-state index contributed by atoms with van der Waals surface area (Å²) in [6, 6.07) is 7.07. The zero-order chi connectivity index (χ0) is 28.6. The quantitative estimate of drug-likeness (QED) is 0.349. The molecule has 2 amide bonds. The number of hydrogen-bond donors (Lipinski definition) is 2. The molecule has 2 N–H and O–H groups in total. The van der Waals surface area contributed by atoms with Crippen LogP contribution in [-0.2, 0) is 16.6 Å². The molecule has 204 valence electrons. The van der Waals surface area contributed by atoms with Crippen molar-refractivity contribution in [2.45, 2.75) is 32.2 Å². The van der Waals surface area contributed by atoms with Crippen molar-refractivity contribution in [3.8, 4) is 22.5 Å². The standard InChI is InChI=1S/C28H25ClFN7O3/c1-15-5-4-6-23(20-11-17(9-10-31-20)27-22(35-28(15)40)13-33-36(27)3)37-14-32-21(12-24(37)39)25-19(34-16(2)38)8-7-18(29)26(25)30/h7-14,23H,1,4-6H2,2-3H3,(H,34,38)(H,35,40)/t23-/m0/s1.